The zero-order valence-electron chi connectivity index (χ0n) is 29.0. The molecule has 50 heavy (non-hydrogen) atoms. The Morgan fingerprint density at radius 3 is 2.62 bits per heavy atom. The van der Waals surface area contributed by atoms with Crippen molar-refractivity contribution in [3.8, 4) is 5.75 Å². The van der Waals surface area contributed by atoms with Gasteiger partial charge < -0.3 is 29.3 Å². The molecule has 1 aliphatic carbocycles. The summed E-state index contributed by atoms with van der Waals surface area (Å²) < 4.78 is 35.9. The van der Waals surface area contributed by atoms with E-state index >= 15 is 0 Å². The van der Waals surface area contributed by atoms with E-state index in [0.717, 1.165) is 62.6 Å². The SMILES string of the molecule is CO[C@H]1/C=C/C[C@H](C)C(NC(=O)N2CC(C3COC3)C2)/[SH](=O)=N\C(=O)c2ccc3c(c2)N(Cc2ccc(Cl)cc2CCCCO3)C[C@@H]2CC[C@H]21. The number of likely N-dealkylation sites (tertiary alicyclic amines) is 1. The Balaban J connectivity index is 1.23. The quantitative estimate of drug-likeness (QED) is 0.290. The molecule has 2 saturated heterocycles. The monoisotopic (exact) mass is 724 g/mol. The van der Waals surface area contributed by atoms with Crippen molar-refractivity contribution >= 4 is 39.8 Å². The predicted molar refractivity (Wildman–Crippen MR) is 195 cm³/mol. The molecule has 0 spiro atoms. The van der Waals surface area contributed by atoms with E-state index in [2.05, 4.69) is 38.9 Å². The molecule has 1 N–H and O–H groups in total. The lowest BCUT2D eigenvalue weighted by Gasteiger charge is -2.46. The van der Waals surface area contributed by atoms with E-state index in [1.165, 1.54) is 11.1 Å². The van der Waals surface area contributed by atoms with Gasteiger partial charge in [-0.05, 0) is 97.7 Å². The van der Waals surface area contributed by atoms with Gasteiger partial charge in [-0.1, -0.05) is 36.7 Å². The van der Waals surface area contributed by atoms with Gasteiger partial charge in [-0.3, -0.25) is 9.00 Å². The molecule has 1 saturated carbocycles. The average molecular weight is 725 g/mol. The molecule has 2 aromatic rings. The van der Waals surface area contributed by atoms with Crippen molar-refractivity contribution in [2.75, 3.05) is 51.5 Å². The molecule has 3 fully saturated rings. The molecular formula is C38H49ClN4O6S. The molecule has 270 valence electrons. The second kappa shape index (κ2) is 15.6. The average Bonchev–Trinajstić information content (AvgIpc) is 3.07. The second-order valence-corrected chi connectivity index (χ2v) is 16.5. The van der Waals surface area contributed by atoms with E-state index in [4.69, 9.17) is 25.8 Å². The van der Waals surface area contributed by atoms with Crippen LogP contribution in [0.15, 0.2) is 52.9 Å². The Bertz CT molecular complexity index is 1690. The summed E-state index contributed by atoms with van der Waals surface area (Å²) in [7, 11) is -0.727. The fourth-order valence-electron chi connectivity index (χ4n) is 7.89. The first-order valence-electron chi connectivity index (χ1n) is 18.1. The van der Waals surface area contributed by atoms with Crippen LogP contribution >= 0.6 is 11.6 Å². The highest BCUT2D eigenvalue weighted by Crippen LogP contribution is 2.42. The van der Waals surface area contributed by atoms with E-state index < -0.39 is 21.9 Å². The highest BCUT2D eigenvalue weighted by Gasteiger charge is 2.41. The minimum absolute atomic E-state index is 0.0764. The van der Waals surface area contributed by atoms with Crippen LogP contribution in [0.2, 0.25) is 5.02 Å². The minimum atomic E-state index is -2.49. The van der Waals surface area contributed by atoms with Crippen molar-refractivity contribution in [2.45, 2.75) is 63.5 Å². The molecule has 7 rings (SSSR count). The van der Waals surface area contributed by atoms with Crippen LogP contribution in [0.25, 0.3) is 0 Å². The topological polar surface area (TPSA) is 110 Å². The number of hydrogen-bond donors (Lipinski definition) is 2. The minimum Gasteiger partial charge on any atom is -0.491 e. The number of halogens is 1. The van der Waals surface area contributed by atoms with E-state index in [1.54, 1.807) is 18.1 Å². The number of thiol groups is 1. The molecule has 2 bridgehead atoms. The number of anilines is 1. The molecule has 0 radical (unpaired) electrons. The van der Waals surface area contributed by atoms with Gasteiger partial charge in [-0.2, -0.15) is 4.36 Å². The smallest absolute Gasteiger partial charge is 0.318 e. The van der Waals surface area contributed by atoms with Crippen LogP contribution in [0.4, 0.5) is 10.5 Å². The maximum Gasteiger partial charge on any atom is 0.318 e. The molecule has 2 aromatic carbocycles. The number of carbonyl (C=O) groups excluding carboxylic acids is 2. The Kier molecular flexibility index (Phi) is 11.0. The third kappa shape index (κ3) is 7.71. The third-order valence-electron chi connectivity index (χ3n) is 11.4. The fraction of sp³-hybridized carbons (Fsp3) is 0.579. The summed E-state index contributed by atoms with van der Waals surface area (Å²) >= 11 is 6.46. The number of nitrogens with zero attached hydrogens (tertiary/aromatic N) is 3. The Hall–Kier alpha value is -3.12. The summed E-state index contributed by atoms with van der Waals surface area (Å²) in [6, 6.07) is 11.2. The highest BCUT2D eigenvalue weighted by molar-refractivity contribution is 7.76. The van der Waals surface area contributed by atoms with Crippen LogP contribution in [-0.2, 0) is 33.0 Å². The molecular weight excluding hydrogens is 676 g/mol. The molecule has 2 unspecified atom stereocenters. The number of aryl methyl sites for hydroxylation is 1. The number of amides is 3. The zero-order chi connectivity index (χ0) is 34.8. The number of benzene rings is 2. The Morgan fingerprint density at radius 1 is 1.04 bits per heavy atom. The molecule has 0 aromatic heterocycles. The summed E-state index contributed by atoms with van der Waals surface area (Å²) in [4.78, 5) is 31.2. The number of carbonyl (C=O) groups is 2. The summed E-state index contributed by atoms with van der Waals surface area (Å²) in [5.74, 6) is 1.51. The van der Waals surface area contributed by atoms with E-state index in [9.17, 15) is 13.8 Å². The van der Waals surface area contributed by atoms with Gasteiger partial charge in [0.2, 0.25) is 0 Å². The number of ether oxygens (including phenoxy) is 3. The number of allylic oxidation sites excluding steroid dienone is 1. The van der Waals surface area contributed by atoms with Crippen molar-refractivity contribution < 1.29 is 28.0 Å². The zero-order valence-corrected chi connectivity index (χ0v) is 30.6. The van der Waals surface area contributed by atoms with Gasteiger partial charge in [0.1, 0.15) is 11.1 Å². The summed E-state index contributed by atoms with van der Waals surface area (Å²) in [6.45, 7) is 6.68. The highest BCUT2D eigenvalue weighted by atomic mass is 35.5. The molecule has 12 heteroatoms. The van der Waals surface area contributed by atoms with Gasteiger partial charge in [-0.15, -0.1) is 0 Å². The maximum atomic E-state index is 13.9. The van der Waals surface area contributed by atoms with Crippen molar-refractivity contribution in [3.05, 3.63) is 70.3 Å². The molecule has 4 heterocycles. The van der Waals surface area contributed by atoms with Gasteiger partial charge in [0, 0.05) is 55.7 Å². The fourth-order valence-corrected chi connectivity index (χ4v) is 9.28. The lowest BCUT2D eigenvalue weighted by Crippen LogP contribution is -2.60. The first-order valence-corrected chi connectivity index (χ1v) is 19.8. The van der Waals surface area contributed by atoms with Gasteiger partial charge in [0.25, 0.3) is 5.91 Å². The van der Waals surface area contributed by atoms with E-state index in [-0.39, 0.29) is 18.1 Å². The van der Waals surface area contributed by atoms with Crippen LogP contribution in [0.5, 0.6) is 5.75 Å². The first-order chi connectivity index (χ1) is 24.3. The molecule has 6 atom stereocenters. The number of urea groups is 1. The lowest BCUT2D eigenvalue weighted by molar-refractivity contribution is -0.0895. The second-order valence-electron chi connectivity index (χ2n) is 14.7. The molecule has 10 nitrogen and oxygen atoms in total. The summed E-state index contributed by atoms with van der Waals surface area (Å²) in [5.41, 5.74) is 3.57. The largest absolute Gasteiger partial charge is 0.491 e. The van der Waals surface area contributed by atoms with Crippen molar-refractivity contribution in [1.29, 1.82) is 0 Å². The number of rotatable bonds is 3. The van der Waals surface area contributed by atoms with Crippen LogP contribution in [-0.4, -0.2) is 79.1 Å². The molecule has 3 amide bonds. The van der Waals surface area contributed by atoms with E-state index in [1.807, 2.05) is 25.1 Å². The number of methoxy groups -OCH3 is 1. The Morgan fingerprint density at radius 2 is 1.88 bits per heavy atom. The maximum absolute atomic E-state index is 13.9. The van der Waals surface area contributed by atoms with Crippen LogP contribution < -0.4 is 15.0 Å². The van der Waals surface area contributed by atoms with Gasteiger partial charge >= 0.3 is 6.03 Å². The summed E-state index contributed by atoms with van der Waals surface area (Å²) in [6.07, 6.45) is 9.56. The van der Waals surface area contributed by atoms with Gasteiger partial charge in [-0.25, -0.2) is 4.79 Å². The predicted octanol–water partition coefficient (Wildman–Crippen LogP) is 6.12. The van der Waals surface area contributed by atoms with Crippen molar-refractivity contribution in [1.82, 2.24) is 10.2 Å². The Labute approximate surface area is 302 Å². The lowest BCUT2D eigenvalue weighted by atomic mass is 9.70. The number of fused-ring (bicyclic) bond motifs is 3. The molecule has 5 aliphatic rings. The van der Waals surface area contributed by atoms with Crippen LogP contribution in [0.3, 0.4) is 0 Å². The van der Waals surface area contributed by atoms with Gasteiger partial charge in [0.05, 0.1) is 42.2 Å². The summed E-state index contributed by atoms with van der Waals surface area (Å²) in [5, 5.41) is 2.91. The van der Waals surface area contributed by atoms with Crippen LogP contribution in [0.1, 0.15) is 60.5 Å². The standard InChI is InChI=1S/C38H49ClN4O6S/c1-24-6-5-8-34(47-2)32-13-10-28(32)19-42-18-27-9-12-31(39)16-25(27)7-3-4-15-49-35-14-11-26(17-33(35)42)36(44)41-50(46)37(24)40-38(45)43-20-29(21-43)30-22-48-23-30/h5,8-9,11-12,14,16-17,24,28-30,32,34,37,50H,3-4,6-7,10,13,15,18-23H2,1-2H3,(H,40,45)/b8-5+/t24-,28-,32+,34-,37?/m0/s1. The van der Waals surface area contributed by atoms with E-state index in [0.29, 0.717) is 67.6 Å². The van der Waals surface area contributed by atoms with Crippen molar-refractivity contribution in [2.24, 2.45) is 34.0 Å². The van der Waals surface area contributed by atoms with Crippen LogP contribution in [0, 0.1) is 29.6 Å². The van der Waals surface area contributed by atoms with Gasteiger partial charge in [0.15, 0.2) is 0 Å². The first kappa shape index (κ1) is 35.3. The van der Waals surface area contributed by atoms with Crippen molar-refractivity contribution in [3.63, 3.8) is 0 Å². The molecule has 4 aliphatic heterocycles. The number of nitrogens with one attached hydrogen (secondary N) is 1. The normalized spacial score (nSPS) is 30.4. The number of hydrogen-bond acceptors (Lipinski definition) is 7. The third-order valence-corrected chi connectivity index (χ3v) is 13.1.